The molecule has 1 aliphatic carbocycles. The van der Waals surface area contributed by atoms with Crippen LogP contribution >= 0.6 is 11.8 Å². The second kappa shape index (κ2) is 7.16. The molecule has 2 nitrogen and oxygen atoms in total. The molecule has 0 N–H and O–H groups in total. The summed E-state index contributed by atoms with van der Waals surface area (Å²) in [5, 5.41) is 0.490. The number of carbonyl (C=O) groups excluding carboxylic acids is 1. The van der Waals surface area contributed by atoms with Gasteiger partial charge in [-0.2, -0.15) is 0 Å². The van der Waals surface area contributed by atoms with Gasteiger partial charge in [0.2, 0.25) is 0 Å². The molecule has 2 rings (SSSR count). The Morgan fingerprint density at radius 3 is 2.50 bits per heavy atom. The predicted octanol–water partition coefficient (Wildman–Crippen LogP) is 4.59. The molecule has 1 aromatic rings. The van der Waals surface area contributed by atoms with Gasteiger partial charge in [0.15, 0.2) is 0 Å². The predicted molar refractivity (Wildman–Crippen MR) is 86.4 cm³/mol. The number of carbonyl (C=O) groups is 1. The van der Waals surface area contributed by atoms with Crippen molar-refractivity contribution in [3.05, 3.63) is 29.8 Å². The Kier molecular flexibility index (Phi) is 5.53. The van der Waals surface area contributed by atoms with Crippen molar-refractivity contribution in [2.75, 3.05) is 7.05 Å². The summed E-state index contributed by atoms with van der Waals surface area (Å²) in [6, 6.07) is 8.43. The molecule has 0 saturated heterocycles. The van der Waals surface area contributed by atoms with Crippen LogP contribution in [0, 0.1) is 0 Å². The quantitative estimate of drug-likeness (QED) is 0.756. The van der Waals surface area contributed by atoms with Gasteiger partial charge < -0.3 is 4.90 Å². The highest BCUT2D eigenvalue weighted by Gasteiger charge is 2.24. The van der Waals surface area contributed by atoms with Crippen molar-refractivity contribution in [2.24, 2.45) is 0 Å². The highest BCUT2D eigenvalue weighted by molar-refractivity contribution is 8.00. The molecule has 0 atom stereocenters. The first-order valence-electron chi connectivity index (χ1n) is 7.62. The van der Waals surface area contributed by atoms with E-state index in [1.807, 2.05) is 30.1 Å². The first kappa shape index (κ1) is 15.4. The molecule has 20 heavy (non-hydrogen) atoms. The van der Waals surface area contributed by atoms with Gasteiger partial charge in [-0.25, -0.2) is 0 Å². The number of benzene rings is 1. The van der Waals surface area contributed by atoms with Crippen molar-refractivity contribution in [3.63, 3.8) is 0 Å². The minimum absolute atomic E-state index is 0.181. The van der Waals surface area contributed by atoms with E-state index in [0.717, 1.165) is 23.3 Å². The van der Waals surface area contributed by atoms with E-state index in [1.165, 1.54) is 19.3 Å². The van der Waals surface area contributed by atoms with Crippen LogP contribution in [0.15, 0.2) is 29.2 Å². The summed E-state index contributed by atoms with van der Waals surface area (Å²) in [5.41, 5.74) is 0.860. The molecular weight excluding hydrogens is 266 g/mol. The van der Waals surface area contributed by atoms with E-state index in [9.17, 15) is 4.79 Å². The number of amides is 1. The smallest absolute Gasteiger partial charge is 0.254 e. The molecule has 0 radical (unpaired) electrons. The van der Waals surface area contributed by atoms with E-state index in [2.05, 4.69) is 19.9 Å². The zero-order chi connectivity index (χ0) is 14.5. The van der Waals surface area contributed by atoms with E-state index in [0.29, 0.717) is 11.3 Å². The molecule has 0 aromatic heterocycles. The summed E-state index contributed by atoms with van der Waals surface area (Å²) in [4.78, 5) is 15.8. The lowest BCUT2D eigenvalue weighted by atomic mass is 9.94. The van der Waals surface area contributed by atoms with Crippen LogP contribution in [0.5, 0.6) is 0 Å². The lowest BCUT2D eigenvalue weighted by Gasteiger charge is -2.31. The Hall–Kier alpha value is -0.960. The van der Waals surface area contributed by atoms with Crippen LogP contribution in [0.1, 0.15) is 56.3 Å². The van der Waals surface area contributed by atoms with E-state index in [-0.39, 0.29) is 5.91 Å². The molecule has 1 aliphatic rings. The second-order valence-electron chi connectivity index (χ2n) is 5.87. The summed E-state index contributed by atoms with van der Waals surface area (Å²) in [6.45, 7) is 4.33. The maximum atomic E-state index is 12.8. The fraction of sp³-hybridized carbons (Fsp3) is 0.588. The third kappa shape index (κ3) is 3.78. The van der Waals surface area contributed by atoms with E-state index in [4.69, 9.17) is 0 Å². The summed E-state index contributed by atoms with van der Waals surface area (Å²) in [6.07, 6.45) is 6.14. The fourth-order valence-corrected chi connectivity index (χ4v) is 3.77. The largest absolute Gasteiger partial charge is 0.339 e. The number of hydrogen-bond donors (Lipinski definition) is 0. The number of thioether (sulfide) groups is 1. The number of rotatable bonds is 4. The summed E-state index contributed by atoms with van der Waals surface area (Å²) in [7, 11) is 1.97. The Bertz CT molecular complexity index is 452. The first-order valence-corrected chi connectivity index (χ1v) is 8.50. The molecule has 3 heteroatoms. The van der Waals surface area contributed by atoms with Crippen LogP contribution in [-0.4, -0.2) is 29.1 Å². The van der Waals surface area contributed by atoms with E-state index in [1.54, 1.807) is 11.8 Å². The normalized spacial score (nSPS) is 16.4. The highest BCUT2D eigenvalue weighted by Crippen LogP contribution is 2.29. The average Bonchev–Trinajstić information content (AvgIpc) is 2.46. The Balaban J connectivity index is 2.15. The lowest BCUT2D eigenvalue weighted by Crippen LogP contribution is -2.38. The minimum atomic E-state index is 0.181. The van der Waals surface area contributed by atoms with Gasteiger partial charge in [-0.3, -0.25) is 4.79 Å². The number of nitrogens with zero attached hydrogens (tertiary/aromatic N) is 1. The fourth-order valence-electron chi connectivity index (χ4n) is 2.82. The summed E-state index contributed by atoms with van der Waals surface area (Å²) < 4.78 is 0. The van der Waals surface area contributed by atoms with Gasteiger partial charge in [-0.15, -0.1) is 11.8 Å². The topological polar surface area (TPSA) is 20.3 Å². The Morgan fingerprint density at radius 2 is 1.85 bits per heavy atom. The van der Waals surface area contributed by atoms with Crippen LogP contribution in [-0.2, 0) is 0 Å². The summed E-state index contributed by atoms with van der Waals surface area (Å²) in [5.74, 6) is 0.181. The van der Waals surface area contributed by atoms with Crippen molar-refractivity contribution in [1.82, 2.24) is 4.90 Å². The van der Waals surface area contributed by atoms with Crippen LogP contribution in [0.3, 0.4) is 0 Å². The zero-order valence-corrected chi connectivity index (χ0v) is 13.6. The van der Waals surface area contributed by atoms with Crippen molar-refractivity contribution in [2.45, 2.75) is 62.1 Å². The molecule has 0 unspecified atom stereocenters. The van der Waals surface area contributed by atoms with Crippen LogP contribution in [0.2, 0.25) is 0 Å². The summed E-state index contributed by atoms with van der Waals surface area (Å²) >= 11 is 1.77. The van der Waals surface area contributed by atoms with Gasteiger partial charge in [0.1, 0.15) is 0 Å². The molecular formula is C17H25NOS. The first-order chi connectivity index (χ1) is 9.59. The molecule has 0 aliphatic heterocycles. The van der Waals surface area contributed by atoms with Gasteiger partial charge in [-0.1, -0.05) is 45.2 Å². The van der Waals surface area contributed by atoms with Crippen LogP contribution in [0.4, 0.5) is 0 Å². The van der Waals surface area contributed by atoms with Gasteiger partial charge in [-0.05, 0) is 25.0 Å². The maximum Gasteiger partial charge on any atom is 0.254 e. The molecule has 0 heterocycles. The van der Waals surface area contributed by atoms with Gasteiger partial charge in [0.05, 0.1) is 5.56 Å². The van der Waals surface area contributed by atoms with Crippen molar-refractivity contribution in [1.29, 1.82) is 0 Å². The molecule has 1 saturated carbocycles. The zero-order valence-electron chi connectivity index (χ0n) is 12.8. The maximum absolute atomic E-state index is 12.8. The van der Waals surface area contributed by atoms with Crippen LogP contribution < -0.4 is 0 Å². The van der Waals surface area contributed by atoms with E-state index < -0.39 is 0 Å². The van der Waals surface area contributed by atoms with Gasteiger partial charge in [0.25, 0.3) is 5.91 Å². The minimum Gasteiger partial charge on any atom is -0.339 e. The van der Waals surface area contributed by atoms with Gasteiger partial charge >= 0.3 is 0 Å². The molecule has 0 spiro atoms. The van der Waals surface area contributed by atoms with E-state index >= 15 is 0 Å². The molecule has 1 fully saturated rings. The van der Waals surface area contributed by atoms with Gasteiger partial charge in [0, 0.05) is 23.2 Å². The molecule has 1 aromatic carbocycles. The standard InChI is InChI=1S/C17H25NOS/c1-13(2)20-16-12-8-7-11-15(16)17(19)18(3)14-9-5-4-6-10-14/h7-8,11-14H,4-6,9-10H2,1-3H3. The molecule has 1 amide bonds. The van der Waals surface area contributed by atoms with Crippen molar-refractivity contribution < 1.29 is 4.79 Å². The Morgan fingerprint density at radius 1 is 1.20 bits per heavy atom. The second-order valence-corrected chi connectivity index (χ2v) is 7.49. The monoisotopic (exact) mass is 291 g/mol. The Labute approximate surface area is 126 Å². The third-order valence-corrected chi connectivity index (χ3v) is 5.00. The number of hydrogen-bond acceptors (Lipinski definition) is 2. The molecule has 0 bridgehead atoms. The van der Waals surface area contributed by atoms with Crippen LogP contribution in [0.25, 0.3) is 0 Å². The highest BCUT2D eigenvalue weighted by atomic mass is 32.2. The lowest BCUT2D eigenvalue weighted by molar-refractivity contribution is 0.0693. The molecule has 110 valence electrons. The SMILES string of the molecule is CC(C)Sc1ccccc1C(=O)N(C)C1CCCCC1. The average molecular weight is 291 g/mol. The van der Waals surface area contributed by atoms with Crippen molar-refractivity contribution in [3.8, 4) is 0 Å². The van der Waals surface area contributed by atoms with Crippen molar-refractivity contribution >= 4 is 17.7 Å². The third-order valence-electron chi connectivity index (χ3n) is 3.92.